The standard InChI is InChI=1S/C18H18F3N5O/c1-17(2,3)12-9-14-22-13(18(19,20)21)10-15(26(14)25-12)23-24-16(27)11-7-5-4-6-8-11/h4-10,23H,1-3H3,(H,24,27). The number of alkyl halides is 3. The minimum atomic E-state index is -4.63. The summed E-state index contributed by atoms with van der Waals surface area (Å²) in [5.74, 6) is -0.538. The van der Waals surface area contributed by atoms with Crippen molar-refractivity contribution in [3.8, 4) is 0 Å². The molecule has 0 radical (unpaired) electrons. The molecule has 2 aromatic heterocycles. The third-order valence-corrected chi connectivity index (χ3v) is 3.83. The number of benzene rings is 1. The van der Waals surface area contributed by atoms with E-state index in [4.69, 9.17) is 0 Å². The van der Waals surface area contributed by atoms with Gasteiger partial charge in [-0.15, -0.1) is 0 Å². The van der Waals surface area contributed by atoms with E-state index in [1.807, 2.05) is 20.8 Å². The van der Waals surface area contributed by atoms with Gasteiger partial charge in [-0.3, -0.25) is 15.6 Å². The first kappa shape index (κ1) is 18.7. The summed E-state index contributed by atoms with van der Waals surface area (Å²) >= 11 is 0. The first-order valence-electron chi connectivity index (χ1n) is 8.15. The van der Waals surface area contributed by atoms with Crippen molar-refractivity contribution in [1.82, 2.24) is 20.0 Å². The van der Waals surface area contributed by atoms with Crippen LogP contribution in [0.25, 0.3) is 5.65 Å². The van der Waals surface area contributed by atoms with Gasteiger partial charge in [-0.2, -0.15) is 22.8 Å². The van der Waals surface area contributed by atoms with E-state index >= 15 is 0 Å². The van der Waals surface area contributed by atoms with Crippen LogP contribution < -0.4 is 10.9 Å². The molecule has 0 fully saturated rings. The van der Waals surface area contributed by atoms with Gasteiger partial charge in [-0.25, -0.2) is 4.98 Å². The highest BCUT2D eigenvalue weighted by Crippen LogP contribution is 2.31. The lowest BCUT2D eigenvalue weighted by Gasteiger charge is -2.14. The third-order valence-electron chi connectivity index (χ3n) is 3.83. The van der Waals surface area contributed by atoms with E-state index in [9.17, 15) is 18.0 Å². The smallest absolute Gasteiger partial charge is 0.281 e. The number of fused-ring (bicyclic) bond motifs is 1. The number of rotatable bonds is 3. The number of carbonyl (C=O) groups is 1. The quantitative estimate of drug-likeness (QED) is 0.681. The Labute approximate surface area is 153 Å². The van der Waals surface area contributed by atoms with E-state index in [-0.39, 0.29) is 16.9 Å². The van der Waals surface area contributed by atoms with Gasteiger partial charge in [0, 0.05) is 23.1 Å². The molecule has 3 rings (SSSR count). The minimum Gasteiger partial charge on any atom is -0.281 e. The molecule has 9 heteroatoms. The van der Waals surface area contributed by atoms with Crippen molar-refractivity contribution in [2.24, 2.45) is 0 Å². The number of anilines is 1. The van der Waals surface area contributed by atoms with Crippen LogP contribution in [0.4, 0.5) is 19.0 Å². The summed E-state index contributed by atoms with van der Waals surface area (Å²) in [6.45, 7) is 5.68. The Kier molecular flexibility index (Phi) is 4.54. The van der Waals surface area contributed by atoms with E-state index in [0.717, 1.165) is 6.07 Å². The zero-order valence-corrected chi connectivity index (χ0v) is 14.9. The molecule has 2 N–H and O–H groups in total. The lowest BCUT2D eigenvalue weighted by molar-refractivity contribution is -0.141. The summed E-state index contributed by atoms with van der Waals surface area (Å²) < 4.78 is 40.8. The third kappa shape index (κ3) is 4.02. The fourth-order valence-electron chi connectivity index (χ4n) is 2.36. The maximum atomic E-state index is 13.2. The summed E-state index contributed by atoms with van der Waals surface area (Å²) in [5.41, 5.74) is 4.43. The van der Waals surface area contributed by atoms with Crippen molar-refractivity contribution in [2.45, 2.75) is 32.4 Å². The van der Waals surface area contributed by atoms with E-state index in [1.165, 1.54) is 10.6 Å². The number of aromatic nitrogens is 3. The summed E-state index contributed by atoms with van der Waals surface area (Å²) in [7, 11) is 0. The molecule has 27 heavy (non-hydrogen) atoms. The van der Waals surface area contributed by atoms with E-state index in [1.54, 1.807) is 30.3 Å². The van der Waals surface area contributed by atoms with Gasteiger partial charge in [-0.1, -0.05) is 39.0 Å². The topological polar surface area (TPSA) is 71.3 Å². The average Bonchev–Trinajstić information content (AvgIpc) is 3.04. The highest BCUT2D eigenvalue weighted by molar-refractivity contribution is 5.94. The largest absolute Gasteiger partial charge is 0.433 e. The van der Waals surface area contributed by atoms with Crippen molar-refractivity contribution in [1.29, 1.82) is 0 Å². The highest BCUT2D eigenvalue weighted by atomic mass is 19.4. The van der Waals surface area contributed by atoms with Crippen molar-refractivity contribution < 1.29 is 18.0 Å². The molecule has 0 atom stereocenters. The Hall–Kier alpha value is -3.10. The number of carbonyl (C=O) groups excluding carboxylic acids is 1. The molecular weight excluding hydrogens is 359 g/mol. The second-order valence-corrected chi connectivity index (χ2v) is 7.02. The van der Waals surface area contributed by atoms with Gasteiger partial charge in [-0.05, 0) is 12.1 Å². The number of hydrazine groups is 1. The van der Waals surface area contributed by atoms with Crippen LogP contribution in [0.3, 0.4) is 0 Å². The van der Waals surface area contributed by atoms with Crippen molar-refractivity contribution >= 4 is 17.4 Å². The van der Waals surface area contributed by atoms with Crippen LogP contribution in [-0.4, -0.2) is 20.5 Å². The Morgan fingerprint density at radius 2 is 1.70 bits per heavy atom. The van der Waals surface area contributed by atoms with Gasteiger partial charge >= 0.3 is 6.18 Å². The Balaban J connectivity index is 1.99. The van der Waals surface area contributed by atoms with E-state index < -0.39 is 17.8 Å². The first-order valence-corrected chi connectivity index (χ1v) is 8.15. The Morgan fingerprint density at radius 3 is 2.30 bits per heavy atom. The van der Waals surface area contributed by atoms with E-state index in [0.29, 0.717) is 11.3 Å². The van der Waals surface area contributed by atoms with Crippen LogP contribution in [0.15, 0.2) is 42.5 Å². The summed E-state index contributed by atoms with van der Waals surface area (Å²) in [4.78, 5) is 15.8. The lowest BCUT2D eigenvalue weighted by atomic mass is 9.93. The van der Waals surface area contributed by atoms with Crippen LogP contribution in [0, 0.1) is 0 Å². The molecule has 0 spiro atoms. The molecular formula is C18H18F3N5O. The number of amides is 1. The fourth-order valence-corrected chi connectivity index (χ4v) is 2.36. The van der Waals surface area contributed by atoms with Crippen molar-refractivity contribution in [3.05, 3.63) is 59.4 Å². The maximum Gasteiger partial charge on any atom is 0.433 e. The van der Waals surface area contributed by atoms with Gasteiger partial charge in [0.1, 0.15) is 0 Å². The number of nitrogens with zero attached hydrogens (tertiary/aromatic N) is 3. The second kappa shape index (κ2) is 6.57. The molecule has 1 aromatic carbocycles. The van der Waals surface area contributed by atoms with Crippen LogP contribution in [0.5, 0.6) is 0 Å². The molecule has 0 bridgehead atoms. The molecule has 142 valence electrons. The zero-order chi connectivity index (χ0) is 19.8. The van der Waals surface area contributed by atoms with Gasteiger partial charge in [0.25, 0.3) is 5.91 Å². The molecule has 2 heterocycles. The Morgan fingerprint density at radius 1 is 1.04 bits per heavy atom. The van der Waals surface area contributed by atoms with Gasteiger partial charge < -0.3 is 0 Å². The van der Waals surface area contributed by atoms with Crippen LogP contribution >= 0.6 is 0 Å². The molecule has 0 aliphatic heterocycles. The van der Waals surface area contributed by atoms with E-state index in [2.05, 4.69) is 20.9 Å². The zero-order valence-electron chi connectivity index (χ0n) is 14.9. The monoisotopic (exact) mass is 377 g/mol. The number of hydrogen-bond donors (Lipinski definition) is 2. The predicted molar refractivity (Wildman–Crippen MR) is 94.2 cm³/mol. The second-order valence-electron chi connectivity index (χ2n) is 7.02. The molecule has 0 aliphatic carbocycles. The minimum absolute atomic E-state index is 0.0335. The molecule has 0 aliphatic rings. The Bertz CT molecular complexity index is 974. The number of hydrogen-bond acceptors (Lipinski definition) is 4. The summed E-state index contributed by atoms with van der Waals surface area (Å²) in [6.07, 6.45) is -4.63. The van der Waals surface area contributed by atoms with Crippen molar-refractivity contribution in [2.75, 3.05) is 5.43 Å². The number of halogens is 3. The predicted octanol–water partition coefficient (Wildman–Crippen LogP) is 3.80. The molecule has 6 nitrogen and oxygen atoms in total. The summed E-state index contributed by atoms with van der Waals surface area (Å²) in [6, 6.07) is 10.6. The van der Waals surface area contributed by atoms with Crippen LogP contribution in [0.2, 0.25) is 0 Å². The lowest BCUT2D eigenvalue weighted by Crippen LogP contribution is -2.30. The van der Waals surface area contributed by atoms with Gasteiger partial charge in [0.05, 0.1) is 5.69 Å². The molecule has 0 saturated carbocycles. The maximum absolute atomic E-state index is 13.2. The molecule has 0 unspecified atom stereocenters. The molecule has 1 amide bonds. The summed E-state index contributed by atoms with van der Waals surface area (Å²) in [5, 5.41) is 4.33. The normalized spacial score (nSPS) is 12.2. The van der Waals surface area contributed by atoms with Crippen LogP contribution in [0.1, 0.15) is 42.5 Å². The SMILES string of the molecule is CC(C)(C)c1cc2nc(C(F)(F)F)cc(NNC(=O)c3ccccc3)n2n1. The van der Waals surface area contributed by atoms with Gasteiger partial charge in [0.2, 0.25) is 0 Å². The van der Waals surface area contributed by atoms with Crippen LogP contribution in [-0.2, 0) is 11.6 Å². The molecule has 0 saturated heterocycles. The molecule has 3 aromatic rings. The van der Waals surface area contributed by atoms with Gasteiger partial charge in [0.15, 0.2) is 17.2 Å². The highest BCUT2D eigenvalue weighted by Gasteiger charge is 2.34. The fraction of sp³-hybridized carbons (Fsp3) is 0.278. The number of nitrogens with one attached hydrogen (secondary N) is 2. The average molecular weight is 377 g/mol. The first-order chi connectivity index (χ1) is 12.6. The van der Waals surface area contributed by atoms with Crippen molar-refractivity contribution in [3.63, 3.8) is 0 Å².